The molecule has 2 heterocycles. The number of ether oxygens (including phenoxy) is 2. The van der Waals surface area contributed by atoms with Gasteiger partial charge in [-0.2, -0.15) is 0 Å². The van der Waals surface area contributed by atoms with E-state index in [0.29, 0.717) is 12.4 Å². The van der Waals surface area contributed by atoms with Gasteiger partial charge in [-0.15, -0.1) is 0 Å². The van der Waals surface area contributed by atoms with Gasteiger partial charge in [0.2, 0.25) is 0 Å². The molecule has 3 N–H and O–H groups in total. The molecule has 7 nitrogen and oxygen atoms in total. The highest BCUT2D eigenvalue weighted by Gasteiger charge is 2.33. The van der Waals surface area contributed by atoms with Gasteiger partial charge in [-0.1, -0.05) is 0 Å². The molecular formula is C12H21N5O2. The zero-order valence-electron chi connectivity index (χ0n) is 11.6. The maximum absolute atomic E-state index is 5.41. The summed E-state index contributed by atoms with van der Waals surface area (Å²) >= 11 is 0. The molecule has 7 heteroatoms. The van der Waals surface area contributed by atoms with E-state index in [-0.39, 0.29) is 12.2 Å². The lowest BCUT2D eigenvalue weighted by molar-refractivity contribution is -0.00461. The van der Waals surface area contributed by atoms with Gasteiger partial charge in [0.25, 0.3) is 0 Å². The maximum atomic E-state index is 5.41. The smallest absolute Gasteiger partial charge is 0.145 e. The zero-order chi connectivity index (χ0) is 13.8. The highest BCUT2D eigenvalue weighted by molar-refractivity contribution is 5.33. The zero-order valence-corrected chi connectivity index (χ0v) is 11.6. The second-order valence-electron chi connectivity index (χ2n) is 4.70. The first-order chi connectivity index (χ1) is 9.16. The average Bonchev–Trinajstić information content (AvgIpc) is 2.80. The molecule has 0 aromatic carbocycles. The number of likely N-dealkylation sites (tertiary alicyclic amines) is 1. The van der Waals surface area contributed by atoms with Gasteiger partial charge in [0, 0.05) is 39.1 Å². The van der Waals surface area contributed by atoms with E-state index >= 15 is 0 Å². The van der Waals surface area contributed by atoms with Crippen LogP contribution >= 0.6 is 0 Å². The average molecular weight is 267 g/mol. The van der Waals surface area contributed by atoms with Crippen LogP contribution in [0, 0.1) is 6.92 Å². The second kappa shape index (κ2) is 6.25. The monoisotopic (exact) mass is 267 g/mol. The molecule has 0 amide bonds. The Labute approximate surface area is 113 Å². The Morgan fingerprint density at radius 2 is 1.95 bits per heavy atom. The minimum absolute atomic E-state index is 0.0990. The van der Waals surface area contributed by atoms with Crippen LogP contribution in [0.25, 0.3) is 0 Å². The third-order valence-corrected chi connectivity index (χ3v) is 3.31. The Kier molecular flexibility index (Phi) is 4.65. The molecule has 0 bridgehead atoms. The summed E-state index contributed by atoms with van der Waals surface area (Å²) in [7, 11) is 3.42. The van der Waals surface area contributed by atoms with E-state index in [9.17, 15) is 0 Å². The van der Waals surface area contributed by atoms with E-state index < -0.39 is 0 Å². The first kappa shape index (κ1) is 14.1. The molecule has 1 saturated heterocycles. The highest BCUT2D eigenvalue weighted by atomic mass is 16.5. The predicted octanol–water partition coefficient (Wildman–Crippen LogP) is -0.0838. The summed E-state index contributed by atoms with van der Waals surface area (Å²) in [5, 5.41) is 0. The van der Waals surface area contributed by atoms with Gasteiger partial charge in [-0.05, 0) is 6.92 Å². The number of nitrogen functional groups attached to an aromatic ring is 1. The predicted molar refractivity (Wildman–Crippen MR) is 71.5 cm³/mol. The SMILES string of the molecule is COC1CN(Cc2nc(C)cc(NN)n2)CC1OC. The Morgan fingerprint density at radius 3 is 2.47 bits per heavy atom. The van der Waals surface area contributed by atoms with E-state index in [2.05, 4.69) is 20.3 Å². The first-order valence-corrected chi connectivity index (χ1v) is 6.25. The van der Waals surface area contributed by atoms with Crippen molar-refractivity contribution < 1.29 is 9.47 Å². The Bertz CT molecular complexity index is 417. The van der Waals surface area contributed by atoms with Gasteiger partial charge in [0.05, 0.1) is 18.8 Å². The van der Waals surface area contributed by atoms with Gasteiger partial charge in [-0.3, -0.25) is 4.90 Å². The summed E-state index contributed by atoms with van der Waals surface area (Å²) in [6.07, 6.45) is 0.198. The fourth-order valence-electron chi connectivity index (χ4n) is 2.38. The van der Waals surface area contributed by atoms with Crippen LogP contribution < -0.4 is 11.3 Å². The van der Waals surface area contributed by atoms with E-state index in [1.54, 1.807) is 14.2 Å². The summed E-state index contributed by atoms with van der Waals surface area (Å²) in [5.41, 5.74) is 3.45. The number of nitrogens with one attached hydrogen (secondary N) is 1. The van der Waals surface area contributed by atoms with E-state index in [0.717, 1.165) is 24.6 Å². The van der Waals surface area contributed by atoms with Crippen LogP contribution in [0.4, 0.5) is 5.82 Å². The molecule has 1 aliphatic heterocycles. The topological polar surface area (TPSA) is 85.5 Å². The lowest BCUT2D eigenvalue weighted by Gasteiger charge is -2.14. The number of aryl methyl sites for hydroxylation is 1. The number of hydrogen-bond donors (Lipinski definition) is 2. The molecule has 2 rings (SSSR count). The Hall–Kier alpha value is -1.28. The Balaban J connectivity index is 2.04. The van der Waals surface area contributed by atoms with Crippen LogP contribution in [0.2, 0.25) is 0 Å². The molecule has 2 unspecified atom stereocenters. The van der Waals surface area contributed by atoms with Crippen molar-refractivity contribution in [3.05, 3.63) is 17.6 Å². The van der Waals surface area contributed by atoms with Gasteiger partial charge in [-0.25, -0.2) is 15.8 Å². The number of rotatable bonds is 5. The van der Waals surface area contributed by atoms with Crippen molar-refractivity contribution in [3.63, 3.8) is 0 Å². The molecule has 0 saturated carbocycles. The third kappa shape index (κ3) is 3.38. The van der Waals surface area contributed by atoms with Crippen molar-refractivity contribution in [2.45, 2.75) is 25.7 Å². The number of hydrogen-bond acceptors (Lipinski definition) is 7. The number of nitrogens with zero attached hydrogens (tertiary/aromatic N) is 3. The van der Waals surface area contributed by atoms with Crippen molar-refractivity contribution in [1.82, 2.24) is 14.9 Å². The highest BCUT2D eigenvalue weighted by Crippen LogP contribution is 2.17. The molecule has 0 radical (unpaired) electrons. The lowest BCUT2D eigenvalue weighted by Crippen LogP contribution is -2.27. The van der Waals surface area contributed by atoms with Crippen LogP contribution in [0.1, 0.15) is 11.5 Å². The van der Waals surface area contributed by atoms with Gasteiger partial charge >= 0.3 is 0 Å². The molecule has 0 spiro atoms. The minimum Gasteiger partial charge on any atom is -0.377 e. The van der Waals surface area contributed by atoms with Crippen molar-refractivity contribution in [3.8, 4) is 0 Å². The minimum atomic E-state index is 0.0990. The van der Waals surface area contributed by atoms with Crippen LogP contribution in [-0.2, 0) is 16.0 Å². The molecule has 1 aromatic rings. The van der Waals surface area contributed by atoms with Crippen molar-refractivity contribution >= 4 is 5.82 Å². The molecule has 1 aromatic heterocycles. The van der Waals surface area contributed by atoms with Gasteiger partial charge in [0.1, 0.15) is 11.6 Å². The molecule has 1 aliphatic rings. The lowest BCUT2D eigenvalue weighted by atomic mass is 10.3. The summed E-state index contributed by atoms with van der Waals surface area (Å²) in [4.78, 5) is 11.0. The van der Waals surface area contributed by atoms with Gasteiger partial charge in [0.15, 0.2) is 0 Å². The number of aromatic nitrogens is 2. The fraction of sp³-hybridized carbons (Fsp3) is 0.667. The molecule has 0 aliphatic carbocycles. The van der Waals surface area contributed by atoms with Crippen LogP contribution in [-0.4, -0.2) is 54.4 Å². The van der Waals surface area contributed by atoms with Crippen molar-refractivity contribution in [1.29, 1.82) is 0 Å². The van der Waals surface area contributed by atoms with E-state index in [4.69, 9.17) is 15.3 Å². The Morgan fingerprint density at radius 1 is 1.32 bits per heavy atom. The van der Waals surface area contributed by atoms with E-state index in [1.807, 2.05) is 13.0 Å². The number of nitrogens with two attached hydrogens (primary N) is 1. The van der Waals surface area contributed by atoms with Crippen molar-refractivity contribution in [2.75, 3.05) is 32.7 Å². The molecule has 2 atom stereocenters. The second-order valence-corrected chi connectivity index (χ2v) is 4.70. The molecular weight excluding hydrogens is 246 g/mol. The van der Waals surface area contributed by atoms with Gasteiger partial charge < -0.3 is 14.9 Å². The third-order valence-electron chi connectivity index (χ3n) is 3.31. The van der Waals surface area contributed by atoms with Crippen LogP contribution in [0.5, 0.6) is 0 Å². The molecule has 106 valence electrons. The van der Waals surface area contributed by atoms with Crippen LogP contribution in [0.15, 0.2) is 6.07 Å². The maximum Gasteiger partial charge on any atom is 0.145 e. The number of methoxy groups -OCH3 is 2. The standard InChI is InChI=1S/C12H21N5O2/c1-8-4-11(16-13)15-12(14-8)7-17-5-9(18-2)10(6-17)19-3/h4,9-10H,5-7,13H2,1-3H3,(H,14,15,16). The van der Waals surface area contributed by atoms with E-state index in [1.165, 1.54) is 0 Å². The molecule has 19 heavy (non-hydrogen) atoms. The largest absolute Gasteiger partial charge is 0.377 e. The summed E-state index contributed by atoms with van der Waals surface area (Å²) in [6.45, 7) is 4.22. The number of hydrazine groups is 1. The van der Waals surface area contributed by atoms with Crippen LogP contribution in [0.3, 0.4) is 0 Å². The molecule has 1 fully saturated rings. The first-order valence-electron chi connectivity index (χ1n) is 6.25. The van der Waals surface area contributed by atoms with Crippen molar-refractivity contribution in [2.24, 2.45) is 5.84 Å². The summed E-state index contributed by atoms with van der Waals surface area (Å²) < 4.78 is 10.8. The number of anilines is 1. The summed E-state index contributed by atoms with van der Waals surface area (Å²) in [6, 6.07) is 1.81. The normalized spacial score (nSPS) is 23.8. The summed E-state index contributed by atoms with van der Waals surface area (Å²) in [5.74, 6) is 6.77. The fourth-order valence-corrected chi connectivity index (χ4v) is 2.38. The quantitative estimate of drug-likeness (QED) is 0.570.